The van der Waals surface area contributed by atoms with E-state index in [1.807, 2.05) is 0 Å². The molecule has 3 rings (SSSR count). The summed E-state index contributed by atoms with van der Waals surface area (Å²) in [6, 6.07) is 5.23. The van der Waals surface area contributed by atoms with Gasteiger partial charge in [-0.15, -0.1) is 0 Å². The molecule has 1 heterocycles. The molecule has 3 atom stereocenters. The van der Waals surface area contributed by atoms with Crippen molar-refractivity contribution in [3.63, 3.8) is 0 Å². The molecule has 0 amide bonds. The zero-order valence-corrected chi connectivity index (χ0v) is 17.6. The van der Waals surface area contributed by atoms with Crippen molar-refractivity contribution in [3.05, 3.63) is 28.7 Å². The van der Waals surface area contributed by atoms with E-state index < -0.39 is 0 Å². The lowest BCUT2D eigenvalue weighted by Crippen LogP contribution is -2.40. The Morgan fingerprint density at radius 3 is 2.72 bits per heavy atom. The van der Waals surface area contributed by atoms with Gasteiger partial charge in [-0.3, -0.25) is 9.36 Å². The second-order valence-electron chi connectivity index (χ2n) is 8.55. The first-order valence-corrected chi connectivity index (χ1v) is 10.6. The number of carbonyl (C=O) groups excluding carboxylic acids is 1. The van der Waals surface area contributed by atoms with Crippen molar-refractivity contribution in [2.45, 2.75) is 46.6 Å². The number of rotatable bonds is 7. The number of hydrogen-bond donors (Lipinski definition) is 2. The van der Waals surface area contributed by atoms with Gasteiger partial charge < -0.3 is 15.6 Å². The number of hydrogen-bond acceptors (Lipinski definition) is 5. The Bertz CT molecular complexity index is 915. The van der Waals surface area contributed by atoms with E-state index in [1.165, 1.54) is 4.57 Å². The maximum Gasteiger partial charge on any atom is 0.336 e. The first-order chi connectivity index (χ1) is 13.9. The van der Waals surface area contributed by atoms with Crippen LogP contribution in [0.2, 0.25) is 0 Å². The summed E-state index contributed by atoms with van der Waals surface area (Å²) in [5.41, 5.74) is 6.61. The molecule has 1 aromatic heterocycles. The van der Waals surface area contributed by atoms with E-state index in [4.69, 9.17) is 15.6 Å². The van der Waals surface area contributed by atoms with Crippen LogP contribution in [-0.2, 0) is 6.54 Å². The molecule has 160 valence electrons. The molecule has 0 spiro atoms. The van der Waals surface area contributed by atoms with E-state index in [2.05, 4.69) is 20.8 Å². The van der Waals surface area contributed by atoms with Crippen molar-refractivity contribution in [2.24, 2.45) is 29.4 Å². The molecule has 1 fully saturated rings. The van der Waals surface area contributed by atoms with Crippen molar-refractivity contribution in [1.82, 2.24) is 9.13 Å². The van der Waals surface area contributed by atoms with Gasteiger partial charge in [0.05, 0.1) is 17.6 Å². The minimum absolute atomic E-state index is 0.0937. The fraction of sp³-hybridized carbons (Fsp3) is 0.636. The normalized spacial score (nSPS) is 22.3. The largest absolute Gasteiger partial charge is 0.491 e. The van der Waals surface area contributed by atoms with Gasteiger partial charge in [-0.1, -0.05) is 27.2 Å². The van der Waals surface area contributed by atoms with Gasteiger partial charge in [0.25, 0.3) is 0 Å². The quantitative estimate of drug-likeness (QED) is 0.740. The third-order valence-corrected chi connectivity index (χ3v) is 6.17. The van der Waals surface area contributed by atoms with Crippen molar-refractivity contribution >= 4 is 16.9 Å². The number of aromatic nitrogens is 2. The van der Waals surface area contributed by atoms with Crippen LogP contribution in [0.4, 0.5) is 0 Å². The summed E-state index contributed by atoms with van der Waals surface area (Å²) in [5.74, 6) is 1.44. The lowest BCUT2D eigenvalue weighted by Gasteiger charge is -2.36. The van der Waals surface area contributed by atoms with Crippen LogP contribution in [0, 0.1) is 23.7 Å². The Morgan fingerprint density at radius 1 is 1.31 bits per heavy atom. The zero-order valence-electron chi connectivity index (χ0n) is 17.6. The Hall–Kier alpha value is -2.12. The van der Waals surface area contributed by atoms with Crippen LogP contribution in [-0.4, -0.2) is 39.9 Å². The molecule has 1 aliphatic carbocycles. The molecule has 3 N–H and O–H groups in total. The molecule has 29 heavy (non-hydrogen) atoms. The Kier molecular flexibility index (Phi) is 6.80. The van der Waals surface area contributed by atoms with Gasteiger partial charge in [0.15, 0.2) is 0 Å². The van der Waals surface area contributed by atoms with Crippen molar-refractivity contribution in [1.29, 1.82) is 0 Å². The molecule has 2 aromatic rings. The van der Waals surface area contributed by atoms with Gasteiger partial charge in [0.1, 0.15) is 12.4 Å². The highest BCUT2D eigenvalue weighted by atomic mass is 16.5. The number of carbonyl (C=O) groups is 1. The highest BCUT2D eigenvalue weighted by molar-refractivity contribution is 5.92. The molecule has 0 bridgehead atoms. The van der Waals surface area contributed by atoms with E-state index in [9.17, 15) is 9.59 Å². The predicted molar refractivity (Wildman–Crippen MR) is 113 cm³/mol. The Morgan fingerprint density at radius 2 is 2.07 bits per heavy atom. The number of imidazole rings is 1. The number of benzene rings is 1. The lowest BCUT2D eigenvalue weighted by atomic mass is 9.69. The third kappa shape index (κ3) is 4.26. The number of ether oxygens (including phenoxy) is 1. The van der Waals surface area contributed by atoms with E-state index in [0.29, 0.717) is 41.7 Å². The molecule has 7 heteroatoms. The maximum atomic E-state index is 13.6. The summed E-state index contributed by atoms with van der Waals surface area (Å²) in [6.07, 6.45) is 2.96. The van der Waals surface area contributed by atoms with Crippen molar-refractivity contribution in [3.8, 4) is 5.75 Å². The fourth-order valence-electron chi connectivity index (χ4n) is 4.70. The van der Waals surface area contributed by atoms with Crippen LogP contribution in [0.15, 0.2) is 23.0 Å². The minimum atomic E-state index is -0.338. The molecule has 0 unspecified atom stereocenters. The molecule has 0 aliphatic heterocycles. The minimum Gasteiger partial charge on any atom is -0.491 e. The Labute approximate surface area is 171 Å². The summed E-state index contributed by atoms with van der Waals surface area (Å²) >= 11 is 0. The van der Waals surface area contributed by atoms with Crippen molar-refractivity contribution in [2.75, 3.05) is 19.8 Å². The average molecular weight is 404 g/mol. The van der Waals surface area contributed by atoms with E-state index in [1.54, 1.807) is 22.8 Å². The summed E-state index contributed by atoms with van der Waals surface area (Å²) in [4.78, 5) is 26.8. The first kappa shape index (κ1) is 21.6. The van der Waals surface area contributed by atoms with Crippen LogP contribution < -0.4 is 16.2 Å². The molecule has 7 nitrogen and oxygen atoms in total. The fourth-order valence-corrected chi connectivity index (χ4v) is 4.70. The number of nitrogens with zero attached hydrogens (tertiary/aromatic N) is 2. The smallest absolute Gasteiger partial charge is 0.336 e. The number of aliphatic hydroxyl groups is 1. The molecular formula is C22H33N3O4. The van der Waals surface area contributed by atoms with Gasteiger partial charge in [-0.05, 0) is 42.7 Å². The highest BCUT2D eigenvalue weighted by Gasteiger charge is 2.37. The number of nitrogens with two attached hydrogens (primary N) is 1. The Balaban J connectivity index is 2.09. The predicted octanol–water partition coefficient (Wildman–Crippen LogP) is 2.48. The molecular weight excluding hydrogens is 370 g/mol. The average Bonchev–Trinajstić information content (AvgIpc) is 2.97. The summed E-state index contributed by atoms with van der Waals surface area (Å²) in [6.45, 7) is 7.20. The number of fused-ring (bicyclic) bond motifs is 1. The van der Waals surface area contributed by atoms with Gasteiger partial charge in [0.2, 0.25) is 5.91 Å². The first-order valence-electron chi connectivity index (χ1n) is 10.6. The van der Waals surface area contributed by atoms with Crippen LogP contribution in [0.3, 0.4) is 0 Å². The lowest BCUT2D eigenvalue weighted by molar-refractivity contribution is 0.0633. The highest BCUT2D eigenvalue weighted by Crippen LogP contribution is 2.39. The molecule has 1 aromatic carbocycles. The number of aliphatic hydroxyl groups excluding tert-OH is 1. The second kappa shape index (κ2) is 9.13. The summed E-state index contributed by atoms with van der Waals surface area (Å²) in [7, 11) is 0. The molecule has 0 saturated heterocycles. The van der Waals surface area contributed by atoms with Crippen molar-refractivity contribution < 1.29 is 14.6 Å². The van der Waals surface area contributed by atoms with Gasteiger partial charge >= 0.3 is 5.69 Å². The van der Waals surface area contributed by atoms with Crippen LogP contribution >= 0.6 is 0 Å². The second-order valence-corrected chi connectivity index (χ2v) is 8.55. The zero-order chi connectivity index (χ0) is 21.1. The summed E-state index contributed by atoms with van der Waals surface area (Å²) in [5, 5.41) is 8.99. The molecule has 1 saturated carbocycles. The third-order valence-electron chi connectivity index (χ3n) is 6.17. The van der Waals surface area contributed by atoms with E-state index in [-0.39, 0.29) is 36.6 Å². The topological polar surface area (TPSA) is 99.5 Å². The summed E-state index contributed by atoms with van der Waals surface area (Å²) < 4.78 is 8.39. The van der Waals surface area contributed by atoms with Crippen LogP contribution in [0.1, 0.15) is 44.8 Å². The van der Waals surface area contributed by atoms with E-state index >= 15 is 0 Å². The van der Waals surface area contributed by atoms with Gasteiger partial charge in [-0.25, -0.2) is 9.36 Å². The van der Waals surface area contributed by atoms with E-state index in [0.717, 1.165) is 19.3 Å². The van der Waals surface area contributed by atoms with Gasteiger partial charge in [-0.2, -0.15) is 0 Å². The monoisotopic (exact) mass is 403 g/mol. The van der Waals surface area contributed by atoms with Gasteiger partial charge in [0, 0.05) is 25.1 Å². The molecule has 1 aliphatic rings. The SMILES string of the molecule is CC(C)[C@@H]1CC[C@@H](C)C[C@H]1C(=O)n1c(=O)n(CCN)c2cc(OCCO)ccc21. The van der Waals surface area contributed by atoms with Crippen LogP contribution in [0.5, 0.6) is 5.75 Å². The van der Waals surface area contributed by atoms with Crippen LogP contribution in [0.25, 0.3) is 11.0 Å². The maximum absolute atomic E-state index is 13.6. The standard InChI is InChI=1S/C22H33N3O4/c1-14(2)17-6-4-15(3)12-18(17)21(27)25-19-7-5-16(29-11-10-26)13-20(19)24(9-8-23)22(25)28/h5,7,13-15,17-18,26H,4,6,8-12,23H2,1-3H3/t15-,17+,18-/m1/s1. The molecule has 0 radical (unpaired) electrons.